The van der Waals surface area contributed by atoms with Gasteiger partial charge in [0.15, 0.2) is 0 Å². The van der Waals surface area contributed by atoms with Crippen molar-refractivity contribution >= 4 is 11.8 Å². The van der Waals surface area contributed by atoms with E-state index in [1.807, 2.05) is 72.5 Å². The number of carbonyl (C=O) groups excluding carboxylic acids is 2. The zero-order valence-electron chi connectivity index (χ0n) is 17.0. The molecule has 1 atom stereocenters. The Balaban J connectivity index is 1.39. The molecule has 1 N–H and O–H groups in total. The number of amides is 2. The molecule has 0 bridgehead atoms. The van der Waals surface area contributed by atoms with Crippen LogP contribution in [0.15, 0.2) is 60.7 Å². The number of benzene rings is 2. The third kappa shape index (κ3) is 4.40. The molecule has 2 aromatic carbocycles. The van der Waals surface area contributed by atoms with Gasteiger partial charge in [-0.25, -0.2) is 4.68 Å². The molecular formula is C23H25N5O2. The Morgan fingerprint density at radius 2 is 1.73 bits per heavy atom. The minimum atomic E-state index is -0.410. The van der Waals surface area contributed by atoms with Gasteiger partial charge in [0.1, 0.15) is 11.7 Å². The number of carbonyl (C=O) groups is 2. The smallest absolute Gasteiger partial charge is 0.247 e. The Hall–Kier alpha value is -3.48. The summed E-state index contributed by atoms with van der Waals surface area (Å²) in [6.45, 7) is 3.11. The van der Waals surface area contributed by atoms with Crippen molar-refractivity contribution < 1.29 is 9.59 Å². The predicted octanol–water partition coefficient (Wildman–Crippen LogP) is 2.63. The molecule has 7 heteroatoms. The highest BCUT2D eigenvalue weighted by molar-refractivity contribution is 5.81. The first-order chi connectivity index (χ1) is 14.6. The Kier molecular flexibility index (Phi) is 5.88. The number of aryl methyl sites for hydroxylation is 1. The summed E-state index contributed by atoms with van der Waals surface area (Å²) in [6.07, 6.45) is 1.12. The fourth-order valence-electron chi connectivity index (χ4n) is 3.70. The maximum Gasteiger partial charge on any atom is 0.247 e. The second-order valence-electron chi connectivity index (χ2n) is 7.55. The summed E-state index contributed by atoms with van der Waals surface area (Å²) < 4.78 is 1.68. The Bertz CT molecular complexity index is 1020. The Labute approximate surface area is 175 Å². The molecule has 0 aliphatic carbocycles. The third-order valence-corrected chi connectivity index (χ3v) is 5.40. The number of nitrogens with zero attached hydrogens (tertiary/aromatic N) is 4. The molecule has 1 aliphatic heterocycles. The van der Waals surface area contributed by atoms with E-state index in [1.54, 1.807) is 4.68 Å². The van der Waals surface area contributed by atoms with E-state index in [1.165, 1.54) is 0 Å². The Morgan fingerprint density at radius 3 is 2.43 bits per heavy atom. The van der Waals surface area contributed by atoms with Crippen LogP contribution in [0.5, 0.6) is 0 Å². The standard InChI is InChI=1S/C23H25N5O2/c1-17-23(30)27(15-19-10-6-3-7-11-19)16-21-20(25-26-28(17)21)14-24-22(29)13-12-18-8-4-2-5-9-18/h2-11,17H,12-16H2,1H3,(H,24,29). The number of hydrogen-bond acceptors (Lipinski definition) is 4. The minimum Gasteiger partial charge on any atom is -0.350 e. The molecule has 0 radical (unpaired) electrons. The molecule has 154 valence electrons. The van der Waals surface area contributed by atoms with Crippen molar-refractivity contribution in [3.05, 3.63) is 83.2 Å². The van der Waals surface area contributed by atoms with Crippen LogP contribution in [-0.4, -0.2) is 31.7 Å². The van der Waals surface area contributed by atoms with E-state index in [9.17, 15) is 9.59 Å². The molecule has 2 heterocycles. The highest BCUT2D eigenvalue weighted by Gasteiger charge is 2.33. The molecule has 0 fully saturated rings. The van der Waals surface area contributed by atoms with E-state index in [2.05, 4.69) is 15.6 Å². The van der Waals surface area contributed by atoms with Crippen molar-refractivity contribution in [1.29, 1.82) is 0 Å². The summed E-state index contributed by atoms with van der Waals surface area (Å²) in [5.74, 6) is -0.00335. The number of fused-ring (bicyclic) bond motifs is 1. The summed E-state index contributed by atoms with van der Waals surface area (Å²) in [6, 6.07) is 19.4. The molecule has 1 aliphatic rings. The highest BCUT2D eigenvalue weighted by Crippen LogP contribution is 2.24. The maximum absolute atomic E-state index is 12.8. The van der Waals surface area contributed by atoms with Gasteiger partial charge in [0.2, 0.25) is 11.8 Å². The lowest BCUT2D eigenvalue weighted by atomic mass is 10.1. The SMILES string of the molecule is CC1C(=O)N(Cc2ccccc2)Cc2c(CNC(=O)CCc3ccccc3)nnn21. The van der Waals surface area contributed by atoms with Crippen LogP contribution in [-0.2, 0) is 35.6 Å². The molecule has 1 aromatic heterocycles. The van der Waals surface area contributed by atoms with E-state index < -0.39 is 6.04 Å². The summed E-state index contributed by atoms with van der Waals surface area (Å²) in [4.78, 5) is 26.8. The number of rotatable bonds is 7. The van der Waals surface area contributed by atoms with Gasteiger partial charge in [0.05, 0.1) is 18.8 Å². The van der Waals surface area contributed by atoms with Gasteiger partial charge in [-0.1, -0.05) is 65.9 Å². The van der Waals surface area contributed by atoms with Crippen LogP contribution in [0, 0.1) is 0 Å². The molecule has 3 aromatic rings. The number of hydrogen-bond donors (Lipinski definition) is 1. The van der Waals surface area contributed by atoms with Crippen LogP contribution in [0.25, 0.3) is 0 Å². The predicted molar refractivity (Wildman–Crippen MR) is 112 cm³/mol. The van der Waals surface area contributed by atoms with Crippen molar-refractivity contribution in [2.24, 2.45) is 0 Å². The second kappa shape index (κ2) is 8.90. The average molecular weight is 403 g/mol. The summed E-state index contributed by atoms with van der Waals surface area (Å²) in [5.41, 5.74) is 3.80. The largest absolute Gasteiger partial charge is 0.350 e. The molecular weight excluding hydrogens is 378 g/mol. The van der Waals surface area contributed by atoms with Crippen LogP contribution in [0.4, 0.5) is 0 Å². The number of nitrogens with one attached hydrogen (secondary N) is 1. The van der Waals surface area contributed by atoms with Gasteiger partial charge in [0, 0.05) is 13.0 Å². The lowest BCUT2D eigenvalue weighted by Gasteiger charge is -2.31. The van der Waals surface area contributed by atoms with Crippen molar-refractivity contribution in [3.63, 3.8) is 0 Å². The van der Waals surface area contributed by atoms with E-state index in [0.29, 0.717) is 38.2 Å². The molecule has 1 unspecified atom stereocenters. The summed E-state index contributed by atoms with van der Waals surface area (Å²) >= 11 is 0. The van der Waals surface area contributed by atoms with Crippen LogP contribution in [0.2, 0.25) is 0 Å². The number of aromatic nitrogens is 3. The zero-order valence-corrected chi connectivity index (χ0v) is 17.0. The fraction of sp³-hybridized carbons (Fsp3) is 0.304. The molecule has 0 saturated carbocycles. The van der Waals surface area contributed by atoms with Crippen LogP contribution >= 0.6 is 0 Å². The molecule has 4 rings (SSSR count). The van der Waals surface area contributed by atoms with E-state index in [0.717, 1.165) is 16.8 Å². The quantitative estimate of drug-likeness (QED) is 0.658. The van der Waals surface area contributed by atoms with Crippen molar-refractivity contribution in [2.75, 3.05) is 0 Å². The third-order valence-electron chi connectivity index (χ3n) is 5.40. The topological polar surface area (TPSA) is 80.1 Å². The molecule has 0 saturated heterocycles. The van der Waals surface area contributed by atoms with Gasteiger partial charge >= 0.3 is 0 Å². The van der Waals surface area contributed by atoms with Gasteiger partial charge in [-0.3, -0.25) is 9.59 Å². The monoisotopic (exact) mass is 403 g/mol. The zero-order chi connectivity index (χ0) is 20.9. The van der Waals surface area contributed by atoms with E-state index in [4.69, 9.17) is 0 Å². The highest BCUT2D eigenvalue weighted by atomic mass is 16.2. The van der Waals surface area contributed by atoms with Crippen LogP contribution in [0.1, 0.15) is 41.9 Å². The van der Waals surface area contributed by atoms with Crippen molar-refractivity contribution in [3.8, 4) is 0 Å². The van der Waals surface area contributed by atoms with E-state index >= 15 is 0 Å². The van der Waals surface area contributed by atoms with Crippen LogP contribution in [0.3, 0.4) is 0 Å². The van der Waals surface area contributed by atoms with Crippen molar-refractivity contribution in [2.45, 2.75) is 45.4 Å². The molecule has 7 nitrogen and oxygen atoms in total. The molecule has 2 amide bonds. The normalized spacial score (nSPS) is 15.7. The molecule has 30 heavy (non-hydrogen) atoms. The van der Waals surface area contributed by atoms with Crippen molar-refractivity contribution in [1.82, 2.24) is 25.2 Å². The first kappa shape index (κ1) is 19.8. The summed E-state index contributed by atoms with van der Waals surface area (Å²) in [5, 5.41) is 11.3. The first-order valence-corrected chi connectivity index (χ1v) is 10.2. The lowest BCUT2D eigenvalue weighted by Crippen LogP contribution is -2.41. The van der Waals surface area contributed by atoms with Gasteiger partial charge < -0.3 is 10.2 Å². The van der Waals surface area contributed by atoms with E-state index in [-0.39, 0.29) is 11.8 Å². The second-order valence-corrected chi connectivity index (χ2v) is 7.55. The van der Waals surface area contributed by atoms with Gasteiger partial charge in [-0.05, 0) is 24.5 Å². The van der Waals surface area contributed by atoms with Gasteiger partial charge in [-0.2, -0.15) is 0 Å². The minimum absolute atomic E-state index is 0.0229. The first-order valence-electron chi connectivity index (χ1n) is 10.2. The molecule has 0 spiro atoms. The van der Waals surface area contributed by atoms with Gasteiger partial charge in [-0.15, -0.1) is 5.10 Å². The maximum atomic E-state index is 12.8. The summed E-state index contributed by atoms with van der Waals surface area (Å²) in [7, 11) is 0. The fourth-order valence-corrected chi connectivity index (χ4v) is 3.70. The lowest BCUT2D eigenvalue weighted by molar-refractivity contribution is -0.138. The van der Waals surface area contributed by atoms with Gasteiger partial charge in [0.25, 0.3) is 0 Å². The van der Waals surface area contributed by atoms with Crippen LogP contribution < -0.4 is 5.32 Å². The Morgan fingerprint density at radius 1 is 1.07 bits per heavy atom. The average Bonchev–Trinajstić information content (AvgIpc) is 3.18.